The highest BCUT2D eigenvalue weighted by atomic mass is 16.5. The van der Waals surface area contributed by atoms with Crippen LogP contribution in [0.2, 0.25) is 0 Å². The van der Waals surface area contributed by atoms with Crippen molar-refractivity contribution in [3.8, 4) is 11.5 Å². The molecule has 1 aliphatic carbocycles. The molecule has 6 nitrogen and oxygen atoms in total. The van der Waals surface area contributed by atoms with E-state index in [1.165, 1.54) is 7.11 Å². The predicted molar refractivity (Wildman–Crippen MR) is 106 cm³/mol. The Bertz CT molecular complexity index is 871. The quantitative estimate of drug-likeness (QED) is 0.765. The number of anilines is 1. The van der Waals surface area contributed by atoms with Crippen molar-refractivity contribution in [2.24, 2.45) is 0 Å². The molecule has 3 rings (SSSR count). The van der Waals surface area contributed by atoms with Gasteiger partial charge in [0.15, 0.2) is 11.5 Å². The summed E-state index contributed by atoms with van der Waals surface area (Å²) in [5, 5.41) is 2.96. The second-order valence-corrected chi connectivity index (χ2v) is 6.85. The van der Waals surface area contributed by atoms with Gasteiger partial charge in [-0.05, 0) is 42.7 Å². The third kappa shape index (κ3) is 3.54. The van der Waals surface area contributed by atoms with E-state index in [-0.39, 0.29) is 5.91 Å². The van der Waals surface area contributed by atoms with E-state index in [4.69, 9.17) is 14.2 Å². The van der Waals surface area contributed by atoms with Gasteiger partial charge in [-0.15, -0.1) is 0 Å². The molecule has 28 heavy (non-hydrogen) atoms. The summed E-state index contributed by atoms with van der Waals surface area (Å²) >= 11 is 0. The normalized spacial score (nSPS) is 15.0. The number of esters is 1. The number of benzene rings is 2. The summed E-state index contributed by atoms with van der Waals surface area (Å²) in [4.78, 5) is 25.5. The van der Waals surface area contributed by atoms with Crippen LogP contribution in [0.4, 0.5) is 5.69 Å². The van der Waals surface area contributed by atoms with Crippen LogP contribution < -0.4 is 14.8 Å². The van der Waals surface area contributed by atoms with E-state index in [0.717, 1.165) is 31.2 Å². The fourth-order valence-electron chi connectivity index (χ4n) is 3.88. The molecule has 0 atom stereocenters. The second-order valence-electron chi connectivity index (χ2n) is 6.85. The summed E-state index contributed by atoms with van der Waals surface area (Å²) in [6, 6.07) is 12.5. The van der Waals surface area contributed by atoms with E-state index in [2.05, 4.69) is 5.32 Å². The van der Waals surface area contributed by atoms with Crippen LogP contribution in [0.1, 0.15) is 41.6 Å². The molecule has 0 radical (unpaired) electrons. The summed E-state index contributed by atoms with van der Waals surface area (Å²) in [6.45, 7) is 0. The van der Waals surface area contributed by atoms with Crippen LogP contribution in [0.3, 0.4) is 0 Å². The van der Waals surface area contributed by atoms with Gasteiger partial charge in [-0.3, -0.25) is 4.79 Å². The Morgan fingerprint density at radius 1 is 0.929 bits per heavy atom. The SMILES string of the molecule is COC(=O)c1ccccc1NC(=O)C1(c2ccc(OC)c(OC)c2)CCCC1. The Kier molecular flexibility index (Phi) is 5.87. The van der Waals surface area contributed by atoms with Gasteiger partial charge in [-0.1, -0.05) is 31.0 Å². The summed E-state index contributed by atoms with van der Waals surface area (Å²) in [7, 11) is 4.48. The van der Waals surface area contributed by atoms with Gasteiger partial charge in [0, 0.05) is 0 Å². The molecule has 0 aliphatic heterocycles. The van der Waals surface area contributed by atoms with Gasteiger partial charge >= 0.3 is 5.97 Å². The highest BCUT2D eigenvalue weighted by molar-refractivity contribution is 6.05. The lowest BCUT2D eigenvalue weighted by atomic mass is 9.77. The minimum absolute atomic E-state index is 0.131. The van der Waals surface area contributed by atoms with Crippen molar-refractivity contribution in [2.45, 2.75) is 31.1 Å². The number of hydrogen-bond acceptors (Lipinski definition) is 5. The number of para-hydroxylation sites is 1. The van der Waals surface area contributed by atoms with E-state index < -0.39 is 11.4 Å². The van der Waals surface area contributed by atoms with Crippen LogP contribution >= 0.6 is 0 Å². The lowest BCUT2D eigenvalue weighted by Crippen LogP contribution is -2.38. The first kappa shape index (κ1) is 19.7. The molecule has 2 aromatic rings. The first-order valence-electron chi connectivity index (χ1n) is 9.27. The first-order chi connectivity index (χ1) is 13.6. The third-order valence-electron chi connectivity index (χ3n) is 5.41. The minimum Gasteiger partial charge on any atom is -0.493 e. The van der Waals surface area contributed by atoms with Crippen molar-refractivity contribution in [3.63, 3.8) is 0 Å². The lowest BCUT2D eigenvalue weighted by Gasteiger charge is -2.29. The Hall–Kier alpha value is -3.02. The molecule has 0 unspecified atom stereocenters. The van der Waals surface area contributed by atoms with Gasteiger partial charge in [0.1, 0.15) is 0 Å². The zero-order valence-electron chi connectivity index (χ0n) is 16.4. The van der Waals surface area contributed by atoms with E-state index >= 15 is 0 Å². The fourth-order valence-corrected chi connectivity index (χ4v) is 3.88. The summed E-state index contributed by atoms with van der Waals surface area (Å²) in [5.41, 5.74) is 0.989. The van der Waals surface area contributed by atoms with E-state index in [1.54, 1.807) is 38.5 Å². The monoisotopic (exact) mass is 383 g/mol. The fraction of sp³-hybridized carbons (Fsp3) is 0.364. The molecule has 6 heteroatoms. The number of methoxy groups -OCH3 is 3. The molecular formula is C22H25NO5. The first-order valence-corrected chi connectivity index (χ1v) is 9.27. The van der Waals surface area contributed by atoms with Gasteiger partial charge in [0.25, 0.3) is 0 Å². The molecule has 1 amide bonds. The maximum Gasteiger partial charge on any atom is 0.339 e. The zero-order valence-corrected chi connectivity index (χ0v) is 16.4. The molecule has 1 N–H and O–H groups in total. The number of carbonyl (C=O) groups excluding carboxylic acids is 2. The second kappa shape index (κ2) is 8.33. The maximum atomic E-state index is 13.4. The number of ether oxygens (including phenoxy) is 3. The average molecular weight is 383 g/mol. The van der Waals surface area contributed by atoms with Crippen molar-refractivity contribution >= 4 is 17.6 Å². The molecule has 1 saturated carbocycles. The largest absolute Gasteiger partial charge is 0.493 e. The molecule has 1 fully saturated rings. The van der Waals surface area contributed by atoms with E-state index in [0.29, 0.717) is 22.7 Å². The number of rotatable bonds is 6. The molecule has 2 aromatic carbocycles. The Morgan fingerprint density at radius 3 is 2.25 bits per heavy atom. The van der Waals surface area contributed by atoms with Gasteiger partial charge < -0.3 is 19.5 Å². The van der Waals surface area contributed by atoms with Gasteiger partial charge in [0.2, 0.25) is 5.91 Å². The molecule has 0 heterocycles. The zero-order chi connectivity index (χ0) is 20.1. The Labute approximate surface area is 164 Å². The number of carbonyl (C=O) groups is 2. The molecule has 0 saturated heterocycles. The van der Waals surface area contributed by atoms with Crippen molar-refractivity contribution < 1.29 is 23.8 Å². The Morgan fingerprint density at radius 2 is 1.61 bits per heavy atom. The van der Waals surface area contributed by atoms with Crippen molar-refractivity contribution in [3.05, 3.63) is 53.6 Å². The number of amides is 1. The van der Waals surface area contributed by atoms with Gasteiger partial charge in [0.05, 0.1) is 38.0 Å². The number of nitrogens with one attached hydrogen (secondary N) is 1. The number of hydrogen-bond donors (Lipinski definition) is 1. The van der Waals surface area contributed by atoms with E-state index in [9.17, 15) is 9.59 Å². The van der Waals surface area contributed by atoms with Crippen molar-refractivity contribution in [1.82, 2.24) is 0 Å². The highest BCUT2D eigenvalue weighted by Crippen LogP contribution is 2.44. The molecule has 1 aliphatic rings. The average Bonchev–Trinajstić information content (AvgIpc) is 3.24. The van der Waals surface area contributed by atoms with Crippen molar-refractivity contribution in [2.75, 3.05) is 26.6 Å². The predicted octanol–water partition coefficient (Wildman–Crippen LogP) is 3.94. The summed E-state index contributed by atoms with van der Waals surface area (Å²) < 4.78 is 15.6. The highest BCUT2D eigenvalue weighted by Gasteiger charge is 2.43. The van der Waals surface area contributed by atoms with Crippen LogP contribution in [0, 0.1) is 0 Å². The smallest absolute Gasteiger partial charge is 0.339 e. The maximum absolute atomic E-state index is 13.4. The molecule has 0 bridgehead atoms. The molecule has 0 aromatic heterocycles. The minimum atomic E-state index is -0.678. The topological polar surface area (TPSA) is 73.9 Å². The van der Waals surface area contributed by atoms with Crippen LogP contribution in [-0.4, -0.2) is 33.2 Å². The van der Waals surface area contributed by atoms with Crippen LogP contribution in [0.15, 0.2) is 42.5 Å². The molecule has 0 spiro atoms. The van der Waals surface area contributed by atoms with Crippen LogP contribution in [-0.2, 0) is 14.9 Å². The molecular weight excluding hydrogens is 358 g/mol. The van der Waals surface area contributed by atoms with Gasteiger partial charge in [-0.2, -0.15) is 0 Å². The molecule has 148 valence electrons. The van der Waals surface area contributed by atoms with Gasteiger partial charge in [-0.25, -0.2) is 4.79 Å². The summed E-state index contributed by atoms with van der Waals surface area (Å²) in [5.74, 6) is 0.598. The van der Waals surface area contributed by atoms with Crippen LogP contribution in [0.5, 0.6) is 11.5 Å². The third-order valence-corrected chi connectivity index (χ3v) is 5.41. The summed E-state index contributed by atoms with van der Waals surface area (Å²) in [6.07, 6.45) is 3.38. The van der Waals surface area contributed by atoms with E-state index in [1.807, 2.05) is 18.2 Å². The lowest BCUT2D eigenvalue weighted by molar-refractivity contribution is -0.121. The standard InChI is InChI=1S/C22H25NO5/c1-26-18-11-10-15(14-19(18)27-2)22(12-6-7-13-22)21(25)23-17-9-5-4-8-16(17)20(24)28-3/h4-5,8-11,14H,6-7,12-13H2,1-3H3,(H,23,25). The Balaban J connectivity index is 1.97. The van der Waals surface area contributed by atoms with Crippen LogP contribution in [0.25, 0.3) is 0 Å². The van der Waals surface area contributed by atoms with Crippen molar-refractivity contribution in [1.29, 1.82) is 0 Å².